The summed E-state index contributed by atoms with van der Waals surface area (Å²) in [4.78, 5) is 16.9. The van der Waals surface area contributed by atoms with E-state index in [2.05, 4.69) is 65.8 Å². The van der Waals surface area contributed by atoms with E-state index in [1.807, 2.05) is 4.90 Å². The number of fused-ring (bicyclic) bond motifs is 1. The summed E-state index contributed by atoms with van der Waals surface area (Å²) in [5.41, 5.74) is 7.21. The molecule has 2 aliphatic rings. The van der Waals surface area contributed by atoms with E-state index >= 15 is 0 Å². The van der Waals surface area contributed by atoms with Crippen molar-refractivity contribution >= 4 is 17.4 Å². The summed E-state index contributed by atoms with van der Waals surface area (Å²) in [7, 11) is 0. The Labute approximate surface area is 155 Å². The van der Waals surface area contributed by atoms with Gasteiger partial charge in [0.25, 0.3) is 0 Å². The number of amides is 2. The topological polar surface area (TPSA) is 47.6 Å². The fourth-order valence-corrected chi connectivity index (χ4v) is 3.88. The minimum Gasteiger partial charge on any atom is -0.369 e. The van der Waals surface area contributed by atoms with Crippen molar-refractivity contribution in [1.29, 1.82) is 0 Å². The number of nitrogens with one attached hydrogen (secondary N) is 2. The molecule has 0 unspecified atom stereocenters. The predicted molar refractivity (Wildman–Crippen MR) is 106 cm³/mol. The Morgan fingerprint density at radius 1 is 1.00 bits per heavy atom. The van der Waals surface area contributed by atoms with Crippen LogP contribution in [0.2, 0.25) is 0 Å². The molecule has 0 bridgehead atoms. The molecule has 0 radical (unpaired) electrons. The van der Waals surface area contributed by atoms with Crippen LogP contribution in [-0.2, 0) is 13.1 Å². The SMILES string of the molecule is Cc1cccc(CN2C(=O)NCc3c(N4CCNCC4)cccc32)c1C. The molecule has 2 heterocycles. The van der Waals surface area contributed by atoms with E-state index in [0.29, 0.717) is 13.1 Å². The van der Waals surface area contributed by atoms with Crippen LogP contribution in [-0.4, -0.2) is 32.2 Å². The van der Waals surface area contributed by atoms with Crippen LogP contribution in [0.15, 0.2) is 36.4 Å². The monoisotopic (exact) mass is 350 g/mol. The van der Waals surface area contributed by atoms with Crippen molar-refractivity contribution in [2.45, 2.75) is 26.9 Å². The molecular formula is C21H26N4O. The van der Waals surface area contributed by atoms with Crippen LogP contribution in [0.4, 0.5) is 16.2 Å². The molecule has 2 aromatic carbocycles. The number of hydrogen-bond acceptors (Lipinski definition) is 3. The van der Waals surface area contributed by atoms with E-state index < -0.39 is 0 Å². The standard InChI is InChI=1S/C21H26N4O/c1-15-5-3-6-17(16(15)2)14-25-20-8-4-7-19(18(20)13-23-21(25)26)24-11-9-22-10-12-24/h3-8,22H,9-14H2,1-2H3,(H,23,26). The average molecular weight is 350 g/mol. The molecule has 136 valence electrons. The Bertz CT molecular complexity index is 827. The minimum absolute atomic E-state index is 0.0177. The van der Waals surface area contributed by atoms with Crippen molar-refractivity contribution in [2.75, 3.05) is 36.0 Å². The Hall–Kier alpha value is -2.53. The van der Waals surface area contributed by atoms with Gasteiger partial charge in [0, 0.05) is 44.0 Å². The van der Waals surface area contributed by atoms with Gasteiger partial charge in [-0.2, -0.15) is 0 Å². The van der Waals surface area contributed by atoms with Gasteiger partial charge in [-0.25, -0.2) is 4.79 Å². The number of rotatable bonds is 3. The van der Waals surface area contributed by atoms with E-state index in [1.54, 1.807) is 0 Å². The van der Waals surface area contributed by atoms with Crippen molar-refractivity contribution in [2.24, 2.45) is 0 Å². The van der Waals surface area contributed by atoms with Crippen LogP contribution < -0.4 is 20.4 Å². The molecule has 5 heteroatoms. The van der Waals surface area contributed by atoms with Gasteiger partial charge in [-0.3, -0.25) is 4.90 Å². The normalized spacial score (nSPS) is 17.1. The molecule has 0 atom stereocenters. The third-order valence-electron chi connectivity index (χ3n) is 5.58. The molecule has 0 saturated carbocycles. The number of carbonyl (C=O) groups excluding carboxylic acids is 1. The number of benzene rings is 2. The summed E-state index contributed by atoms with van der Waals surface area (Å²) >= 11 is 0. The molecule has 0 aromatic heterocycles. The molecule has 2 aromatic rings. The van der Waals surface area contributed by atoms with Gasteiger partial charge in [0.1, 0.15) is 0 Å². The third kappa shape index (κ3) is 3.03. The molecule has 1 fully saturated rings. The highest BCUT2D eigenvalue weighted by Crippen LogP contribution is 2.34. The van der Waals surface area contributed by atoms with Crippen LogP contribution in [0.5, 0.6) is 0 Å². The zero-order chi connectivity index (χ0) is 18.1. The lowest BCUT2D eigenvalue weighted by atomic mass is 10.0. The van der Waals surface area contributed by atoms with Crippen LogP contribution in [0, 0.1) is 13.8 Å². The molecule has 5 nitrogen and oxygen atoms in total. The molecule has 1 saturated heterocycles. The van der Waals surface area contributed by atoms with Crippen molar-refractivity contribution in [3.63, 3.8) is 0 Å². The highest BCUT2D eigenvalue weighted by Gasteiger charge is 2.27. The lowest BCUT2D eigenvalue weighted by Gasteiger charge is -2.36. The van der Waals surface area contributed by atoms with Gasteiger partial charge in [0.05, 0.1) is 12.2 Å². The number of hydrogen-bond donors (Lipinski definition) is 2. The van der Waals surface area contributed by atoms with E-state index in [4.69, 9.17) is 0 Å². The van der Waals surface area contributed by atoms with E-state index in [1.165, 1.54) is 27.9 Å². The number of carbonyl (C=O) groups is 1. The van der Waals surface area contributed by atoms with Crippen molar-refractivity contribution in [3.05, 3.63) is 58.7 Å². The smallest absolute Gasteiger partial charge is 0.322 e. The van der Waals surface area contributed by atoms with Gasteiger partial charge in [-0.05, 0) is 42.7 Å². The highest BCUT2D eigenvalue weighted by molar-refractivity contribution is 5.96. The predicted octanol–water partition coefficient (Wildman–Crippen LogP) is 2.94. The van der Waals surface area contributed by atoms with Gasteiger partial charge in [-0.15, -0.1) is 0 Å². The first-order valence-corrected chi connectivity index (χ1v) is 9.33. The Balaban J connectivity index is 1.70. The first kappa shape index (κ1) is 16.9. The Morgan fingerprint density at radius 2 is 1.73 bits per heavy atom. The van der Waals surface area contributed by atoms with Crippen LogP contribution in [0.1, 0.15) is 22.3 Å². The zero-order valence-electron chi connectivity index (χ0n) is 15.5. The molecule has 2 amide bonds. The summed E-state index contributed by atoms with van der Waals surface area (Å²) in [6, 6.07) is 12.6. The van der Waals surface area contributed by atoms with Gasteiger partial charge >= 0.3 is 6.03 Å². The van der Waals surface area contributed by atoms with E-state index in [0.717, 1.165) is 31.9 Å². The molecule has 4 rings (SSSR count). The largest absolute Gasteiger partial charge is 0.369 e. The third-order valence-corrected chi connectivity index (χ3v) is 5.58. The van der Waals surface area contributed by atoms with Gasteiger partial charge < -0.3 is 15.5 Å². The van der Waals surface area contributed by atoms with Crippen LogP contribution in [0.3, 0.4) is 0 Å². The lowest BCUT2D eigenvalue weighted by Crippen LogP contribution is -2.47. The molecule has 2 aliphatic heterocycles. The van der Waals surface area contributed by atoms with E-state index in [9.17, 15) is 4.79 Å². The van der Waals surface area contributed by atoms with E-state index in [-0.39, 0.29) is 6.03 Å². The molecular weight excluding hydrogens is 324 g/mol. The Kier molecular flexibility index (Phi) is 4.55. The van der Waals surface area contributed by atoms with Crippen LogP contribution >= 0.6 is 0 Å². The summed E-state index contributed by atoms with van der Waals surface area (Å²) < 4.78 is 0. The molecule has 0 spiro atoms. The summed E-state index contributed by atoms with van der Waals surface area (Å²) in [6.07, 6.45) is 0. The number of piperazine rings is 1. The maximum Gasteiger partial charge on any atom is 0.322 e. The Morgan fingerprint density at radius 3 is 2.54 bits per heavy atom. The average Bonchev–Trinajstić information content (AvgIpc) is 2.67. The quantitative estimate of drug-likeness (QED) is 0.895. The summed E-state index contributed by atoms with van der Waals surface area (Å²) in [6.45, 7) is 9.44. The number of aryl methyl sites for hydroxylation is 1. The zero-order valence-corrected chi connectivity index (χ0v) is 15.5. The molecule has 2 N–H and O–H groups in total. The first-order chi connectivity index (χ1) is 12.6. The van der Waals surface area contributed by atoms with Crippen molar-refractivity contribution < 1.29 is 4.79 Å². The molecule has 0 aliphatic carbocycles. The second-order valence-electron chi connectivity index (χ2n) is 7.12. The molecule has 26 heavy (non-hydrogen) atoms. The lowest BCUT2D eigenvalue weighted by molar-refractivity contribution is 0.244. The van der Waals surface area contributed by atoms with Crippen molar-refractivity contribution in [3.8, 4) is 0 Å². The fraction of sp³-hybridized carbons (Fsp3) is 0.381. The van der Waals surface area contributed by atoms with Gasteiger partial charge in [0.2, 0.25) is 0 Å². The number of urea groups is 1. The minimum atomic E-state index is -0.0177. The van der Waals surface area contributed by atoms with Gasteiger partial charge in [-0.1, -0.05) is 24.3 Å². The summed E-state index contributed by atoms with van der Waals surface area (Å²) in [5, 5.41) is 6.47. The number of anilines is 2. The maximum absolute atomic E-state index is 12.6. The fourth-order valence-electron chi connectivity index (χ4n) is 3.88. The summed E-state index contributed by atoms with van der Waals surface area (Å²) in [5.74, 6) is 0. The highest BCUT2D eigenvalue weighted by atomic mass is 16.2. The van der Waals surface area contributed by atoms with Crippen LogP contribution in [0.25, 0.3) is 0 Å². The second-order valence-corrected chi connectivity index (χ2v) is 7.12. The second kappa shape index (κ2) is 7.00. The first-order valence-electron chi connectivity index (χ1n) is 9.33. The van der Waals surface area contributed by atoms with Gasteiger partial charge in [0.15, 0.2) is 0 Å². The maximum atomic E-state index is 12.6. The van der Waals surface area contributed by atoms with Crippen molar-refractivity contribution in [1.82, 2.24) is 10.6 Å². The number of nitrogens with zero attached hydrogens (tertiary/aromatic N) is 2.